The number of rotatable bonds is 11. The van der Waals surface area contributed by atoms with Crippen molar-refractivity contribution in [1.82, 2.24) is 0 Å². The van der Waals surface area contributed by atoms with Gasteiger partial charge in [-0.25, -0.2) is 0 Å². The fraction of sp³-hybridized carbons (Fsp3) is 0.933. The lowest BCUT2D eigenvalue weighted by molar-refractivity contribution is 0.211. The highest BCUT2D eigenvalue weighted by Gasteiger charge is 2.53. The van der Waals surface area contributed by atoms with Gasteiger partial charge in [0.15, 0.2) is 25.0 Å². The third-order valence-corrected chi connectivity index (χ3v) is 22.2. The topological polar surface area (TPSA) is 46.2 Å². The van der Waals surface area contributed by atoms with Crippen LogP contribution in [0, 0.1) is 6.92 Å². The summed E-state index contributed by atoms with van der Waals surface area (Å²) < 4.78 is 32.7. The smallest absolute Gasteiger partial charge is 0.437 e. The van der Waals surface area contributed by atoms with Crippen molar-refractivity contribution in [1.29, 1.82) is 0 Å². The van der Waals surface area contributed by atoms with Crippen LogP contribution in [-0.2, 0) is 20.6 Å². The van der Waals surface area contributed by atoms with E-state index in [1.807, 2.05) is 0 Å². The molecule has 0 aromatic carbocycles. The maximum absolute atomic E-state index is 6.67. The Morgan fingerprint density at radius 2 is 0.731 bits per heavy atom. The largest absolute Gasteiger partial charge is 0.472 e. The molecule has 0 aliphatic rings. The molecule has 0 saturated heterocycles. The highest BCUT2D eigenvalue weighted by Crippen LogP contribution is 2.31. The van der Waals surface area contributed by atoms with Crippen molar-refractivity contribution in [3.63, 3.8) is 0 Å². The molecule has 1 radical (unpaired) electrons. The van der Waals surface area contributed by atoms with Crippen LogP contribution < -0.4 is 0 Å². The van der Waals surface area contributed by atoms with Gasteiger partial charge in [0.25, 0.3) is 0 Å². The summed E-state index contributed by atoms with van der Waals surface area (Å²) in [5, 5.41) is 0. The summed E-state index contributed by atoms with van der Waals surface area (Å²) in [7, 11) is -13.2. The van der Waals surface area contributed by atoms with Gasteiger partial charge in [0.2, 0.25) is 0 Å². The van der Waals surface area contributed by atoms with E-state index in [0.717, 1.165) is 0 Å². The van der Waals surface area contributed by atoms with Gasteiger partial charge in [-0.05, 0) is 92.0 Å². The molecule has 0 unspecified atom stereocenters. The monoisotopic (exact) mass is 471 g/mol. The third-order valence-electron chi connectivity index (χ3n) is 2.67. The van der Waals surface area contributed by atoms with Crippen LogP contribution in [-0.4, -0.2) is 50.9 Å². The average Bonchev–Trinajstić information content (AvgIpc) is 2.16. The Hall–Kier alpha value is 1.10. The van der Waals surface area contributed by atoms with Crippen LogP contribution in [0.4, 0.5) is 0 Å². The van der Waals surface area contributed by atoms with Crippen molar-refractivity contribution >= 4 is 50.9 Å². The second-order valence-corrected chi connectivity index (χ2v) is 34.8. The fourth-order valence-corrected chi connectivity index (χ4v) is 28.4. The Kier molecular flexibility index (Phi) is 9.23. The fourth-order valence-electron chi connectivity index (χ4n) is 2.95. The van der Waals surface area contributed by atoms with E-state index in [1.165, 1.54) is 0 Å². The molecule has 0 aliphatic carbocycles. The SMILES string of the molecule is [CH2]C[Si](O[Si](C)(C)C)(O[Si](C)(C)O[Si](C)(C)C)O[Si](C)(C)O[Si](C)(C)C. The molecule has 26 heavy (non-hydrogen) atoms. The first kappa shape index (κ1) is 27.1. The zero-order chi connectivity index (χ0) is 21.2. The molecule has 157 valence electrons. The Morgan fingerprint density at radius 1 is 0.462 bits per heavy atom. The summed E-state index contributed by atoms with van der Waals surface area (Å²) in [5.41, 5.74) is 0. The van der Waals surface area contributed by atoms with Gasteiger partial charge in [0.05, 0.1) is 0 Å². The van der Waals surface area contributed by atoms with Crippen LogP contribution in [0.5, 0.6) is 0 Å². The molecular weight excluding hydrogens is 429 g/mol. The standard InChI is InChI=1S/C15H43O5Si6/c1-15-26(18-23(8,9)10,19-24(11,12)16-21(2,3)4)20-25(13,14)17-22(5,6)7/h1,15H2,2-14H3. The van der Waals surface area contributed by atoms with Gasteiger partial charge < -0.3 is 20.6 Å². The van der Waals surface area contributed by atoms with Crippen LogP contribution in [0.25, 0.3) is 0 Å². The first-order chi connectivity index (χ1) is 11.1. The molecular formula is C15H43O5Si6. The minimum absolute atomic E-state index is 0.494. The molecule has 0 N–H and O–H groups in total. The van der Waals surface area contributed by atoms with Crippen molar-refractivity contribution in [2.24, 2.45) is 0 Å². The lowest BCUT2D eigenvalue weighted by atomic mass is 11.0. The Morgan fingerprint density at radius 3 is 0.923 bits per heavy atom. The molecule has 0 fully saturated rings. The van der Waals surface area contributed by atoms with E-state index in [0.29, 0.717) is 6.04 Å². The van der Waals surface area contributed by atoms with Crippen LogP contribution in [0.2, 0.25) is 91.2 Å². The zero-order valence-corrected chi connectivity index (χ0v) is 25.5. The van der Waals surface area contributed by atoms with Crippen molar-refractivity contribution in [3.05, 3.63) is 6.92 Å². The summed E-state index contributed by atoms with van der Waals surface area (Å²) in [5.74, 6) is 0. The van der Waals surface area contributed by atoms with E-state index in [-0.39, 0.29) is 0 Å². The van der Waals surface area contributed by atoms with E-state index in [4.69, 9.17) is 20.6 Å². The Labute approximate surface area is 169 Å². The second-order valence-electron chi connectivity index (χ2n) is 10.6. The molecule has 0 heterocycles. The zero-order valence-electron chi connectivity index (χ0n) is 19.5. The molecule has 0 aliphatic heterocycles. The maximum atomic E-state index is 6.67. The second kappa shape index (κ2) is 8.85. The predicted molar refractivity (Wildman–Crippen MR) is 126 cm³/mol. The molecule has 0 bridgehead atoms. The highest BCUT2D eigenvalue weighted by molar-refractivity contribution is 6.92. The number of hydrogen-bond acceptors (Lipinski definition) is 5. The third kappa shape index (κ3) is 12.5. The number of hydrogen-bond donors (Lipinski definition) is 0. The molecule has 0 spiro atoms. The summed E-state index contributed by atoms with van der Waals surface area (Å²) in [6.45, 7) is 32.1. The molecule has 5 nitrogen and oxygen atoms in total. The van der Waals surface area contributed by atoms with Crippen LogP contribution in [0.1, 0.15) is 0 Å². The van der Waals surface area contributed by atoms with Crippen molar-refractivity contribution in [3.8, 4) is 0 Å². The van der Waals surface area contributed by atoms with Crippen LogP contribution >= 0.6 is 0 Å². The van der Waals surface area contributed by atoms with Gasteiger partial charge in [-0.1, -0.05) is 0 Å². The summed E-state index contributed by atoms with van der Waals surface area (Å²) in [4.78, 5) is 0. The Balaban J connectivity index is 5.75. The van der Waals surface area contributed by atoms with Gasteiger partial charge >= 0.3 is 25.9 Å². The van der Waals surface area contributed by atoms with E-state index in [1.54, 1.807) is 0 Å². The van der Waals surface area contributed by atoms with E-state index in [9.17, 15) is 0 Å². The van der Waals surface area contributed by atoms with Gasteiger partial charge in [-0.2, -0.15) is 0 Å². The lowest BCUT2D eigenvalue weighted by Gasteiger charge is -2.45. The minimum atomic E-state index is -3.01. The van der Waals surface area contributed by atoms with Crippen molar-refractivity contribution in [2.75, 3.05) is 0 Å². The van der Waals surface area contributed by atoms with Gasteiger partial charge in [-0.15, -0.1) is 0 Å². The molecule has 0 atom stereocenters. The van der Waals surface area contributed by atoms with Gasteiger partial charge in [0, 0.05) is 6.04 Å². The molecule has 0 amide bonds. The van der Waals surface area contributed by atoms with E-state index >= 15 is 0 Å². The summed E-state index contributed by atoms with van der Waals surface area (Å²) >= 11 is 0. The van der Waals surface area contributed by atoms with Gasteiger partial charge in [-0.3, -0.25) is 0 Å². The van der Waals surface area contributed by atoms with E-state index in [2.05, 4.69) is 92.0 Å². The maximum Gasteiger partial charge on any atom is 0.472 e. The predicted octanol–water partition coefficient (Wildman–Crippen LogP) is 5.75. The molecule has 0 rings (SSSR count). The molecule has 0 aromatic heterocycles. The quantitative estimate of drug-likeness (QED) is 0.359. The van der Waals surface area contributed by atoms with Crippen LogP contribution in [0.15, 0.2) is 0 Å². The molecule has 11 heteroatoms. The molecule has 0 aromatic rings. The first-order valence-corrected chi connectivity index (χ1v) is 27.2. The average molecular weight is 472 g/mol. The molecule has 0 saturated carbocycles. The van der Waals surface area contributed by atoms with Gasteiger partial charge in [0.1, 0.15) is 0 Å². The van der Waals surface area contributed by atoms with Crippen LogP contribution in [0.3, 0.4) is 0 Å². The normalized spacial score (nSPS) is 15.5. The van der Waals surface area contributed by atoms with Crippen molar-refractivity contribution < 1.29 is 20.6 Å². The minimum Gasteiger partial charge on any atom is -0.437 e. The summed E-state index contributed by atoms with van der Waals surface area (Å²) in [6.07, 6.45) is 0. The van der Waals surface area contributed by atoms with Crippen molar-refractivity contribution in [2.45, 2.75) is 91.2 Å². The highest BCUT2D eigenvalue weighted by atomic mass is 28.5. The lowest BCUT2D eigenvalue weighted by Crippen LogP contribution is -2.64. The summed E-state index contributed by atoms with van der Waals surface area (Å²) in [6, 6.07) is 0.494. The van der Waals surface area contributed by atoms with E-state index < -0.39 is 50.9 Å². The first-order valence-electron chi connectivity index (χ1n) is 9.39. The Bertz CT molecular complexity index is 421.